The summed E-state index contributed by atoms with van der Waals surface area (Å²) in [5, 5.41) is 0. The van der Waals surface area contributed by atoms with Crippen molar-refractivity contribution in [2.45, 2.75) is 38.3 Å². The third kappa shape index (κ3) is 3.09. The Morgan fingerprint density at radius 2 is 2.18 bits per heavy atom. The lowest BCUT2D eigenvalue weighted by molar-refractivity contribution is -0.142. The molecule has 0 aliphatic carbocycles. The van der Waals surface area contributed by atoms with Gasteiger partial charge in [-0.1, -0.05) is 0 Å². The SMILES string of the molecule is NC(=O)[C@H]1CCCCN1C(=O)CN1CCc2cncnc2C1. The first-order chi connectivity index (χ1) is 10.6. The van der Waals surface area contributed by atoms with Gasteiger partial charge < -0.3 is 10.6 Å². The second-order valence-corrected chi connectivity index (χ2v) is 5.96. The Bertz CT molecular complexity index is 577. The Balaban J connectivity index is 1.63. The summed E-state index contributed by atoms with van der Waals surface area (Å²) < 4.78 is 0. The molecule has 118 valence electrons. The van der Waals surface area contributed by atoms with Crippen LogP contribution < -0.4 is 5.73 Å². The van der Waals surface area contributed by atoms with Gasteiger partial charge in [0.05, 0.1) is 12.2 Å². The third-order valence-electron chi connectivity index (χ3n) is 4.46. The molecule has 3 heterocycles. The van der Waals surface area contributed by atoms with Crippen LogP contribution >= 0.6 is 0 Å². The van der Waals surface area contributed by atoms with Crippen molar-refractivity contribution in [2.75, 3.05) is 19.6 Å². The van der Waals surface area contributed by atoms with Crippen LogP contribution in [0.5, 0.6) is 0 Å². The third-order valence-corrected chi connectivity index (χ3v) is 4.46. The van der Waals surface area contributed by atoms with Crippen molar-refractivity contribution in [3.05, 3.63) is 23.8 Å². The van der Waals surface area contributed by atoms with Gasteiger partial charge in [0.2, 0.25) is 11.8 Å². The zero-order valence-electron chi connectivity index (χ0n) is 12.6. The van der Waals surface area contributed by atoms with Gasteiger partial charge in [-0.05, 0) is 31.2 Å². The molecule has 2 aliphatic heterocycles. The summed E-state index contributed by atoms with van der Waals surface area (Å²) in [6, 6.07) is -0.444. The summed E-state index contributed by atoms with van der Waals surface area (Å²) in [5.74, 6) is -0.411. The molecule has 7 heteroatoms. The number of likely N-dealkylation sites (tertiary alicyclic amines) is 1. The first kappa shape index (κ1) is 14.9. The second kappa shape index (κ2) is 6.39. The van der Waals surface area contributed by atoms with E-state index in [9.17, 15) is 9.59 Å². The Hall–Kier alpha value is -2.02. The lowest BCUT2D eigenvalue weighted by Gasteiger charge is -2.36. The van der Waals surface area contributed by atoms with E-state index >= 15 is 0 Å². The molecule has 0 radical (unpaired) electrons. The Morgan fingerprint density at radius 3 is 3.00 bits per heavy atom. The van der Waals surface area contributed by atoms with Crippen LogP contribution in [0, 0.1) is 0 Å². The fraction of sp³-hybridized carbons (Fsp3) is 0.600. The van der Waals surface area contributed by atoms with E-state index in [1.54, 1.807) is 4.90 Å². The molecule has 1 atom stereocenters. The van der Waals surface area contributed by atoms with Crippen molar-refractivity contribution in [2.24, 2.45) is 5.73 Å². The maximum Gasteiger partial charge on any atom is 0.240 e. The fourth-order valence-electron chi connectivity index (χ4n) is 3.25. The molecule has 2 amide bonds. The highest BCUT2D eigenvalue weighted by Gasteiger charge is 2.31. The number of hydrogen-bond donors (Lipinski definition) is 1. The average Bonchev–Trinajstić information content (AvgIpc) is 2.54. The number of hydrogen-bond acceptors (Lipinski definition) is 5. The lowest BCUT2D eigenvalue weighted by atomic mass is 10.0. The summed E-state index contributed by atoms with van der Waals surface area (Å²) in [4.78, 5) is 36.1. The maximum atomic E-state index is 12.5. The molecular weight excluding hydrogens is 282 g/mol. The summed E-state index contributed by atoms with van der Waals surface area (Å²) in [6.45, 7) is 2.39. The fourth-order valence-corrected chi connectivity index (χ4v) is 3.25. The highest BCUT2D eigenvalue weighted by molar-refractivity contribution is 5.87. The van der Waals surface area contributed by atoms with Crippen LogP contribution in [-0.4, -0.2) is 57.3 Å². The normalized spacial score (nSPS) is 22.2. The molecule has 3 rings (SSSR count). The molecule has 7 nitrogen and oxygen atoms in total. The maximum absolute atomic E-state index is 12.5. The number of nitrogens with two attached hydrogens (primary N) is 1. The molecule has 0 saturated carbocycles. The number of aromatic nitrogens is 2. The molecule has 0 unspecified atom stereocenters. The molecular formula is C15H21N5O2. The number of piperidine rings is 1. The highest BCUT2D eigenvalue weighted by Crippen LogP contribution is 2.19. The Kier molecular flexibility index (Phi) is 4.33. The number of amides is 2. The van der Waals surface area contributed by atoms with Crippen molar-refractivity contribution in [3.63, 3.8) is 0 Å². The van der Waals surface area contributed by atoms with E-state index in [0.717, 1.165) is 37.1 Å². The molecule has 22 heavy (non-hydrogen) atoms. The van der Waals surface area contributed by atoms with Gasteiger partial charge in [0.15, 0.2) is 0 Å². The molecule has 1 aromatic heterocycles. The van der Waals surface area contributed by atoms with Gasteiger partial charge >= 0.3 is 0 Å². The van der Waals surface area contributed by atoms with E-state index in [2.05, 4.69) is 14.9 Å². The van der Waals surface area contributed by atoms with E-state index in [-0.39, 0.29) is 5.91 Å². The van der Waals surface area contributed by atoms with Gasteiger partial charge in [-0.2, -0.15) is 0 Å². The predicted molar refractivity (Wildman–Crippen MR) is 79.6 cm³/mol. The average molecular weight is 303 g/mol. The first-order valence-electron chi connectivity index (χ1n) is 7.74. The van der Waals surface area contributed by atoms with Gasteiger partial charge in [0.25, 0.3) is 0 Å². The van der Waals surface area contributed by atoms with Gasteiger partial charge in [0, 0.05) is 25.8 Å². The number of nitrogens with zero attached hydrogens (tertiary/aromatic N) is 4. The van der Waals surface area contributed by atoms with Crippen LogP contribution in [-0.2, 0) is 22.6 Å². The summed E-state index contributed by atoms with van der Waals surface area (Å²) >= 11 is 0. The van der Waals surface area contributed by atoms with Gasteiger partial charge in [-0.3, -0.25) is 14.5 Å². The molecule has 0 bridgehead atoms. The van der Waals surface area contributed by atoms with Gasteiger partial charge in [-0.15, -0.1) is 0 Å². The number of fused-ring (bicyclic) bond motifs is 1. The molecule has 1 aromatic rings. The Labute approximate surface area is 129 Å². The van der Waals surface area contributed by atoms with Crippen molar-refractivity contribution in [3.8, 4) is 0 Å². The standard InChI is InChI=1S/C15H21N5O2/c16-15(22)13-3-1-2-5-20(13)14(21)9-19-6-4-11-7-17-10-18-12(11)8-19/h7,10,13H,1-6,8-9H2,(H2,16,22)/t13-/m1/s1. The summed E-state index contributed by atoms with van der Waals surface area (Å²) in [5.41, 5.74) is 7.57. The van der Waals surface area contributed by atoms with Crippen LogP contribution in [0.3, 0.4) is 0 Å². The molecule has 2 N–H and O–H groups in total. The van der Waals surface area contributed by atoms with Crippen molar-refractivity contribution >= 4 is 11.8 Å². The van der Waals surface area contributed by atoms with Gasteiger partial charge in [-0.25, -0.2) is 9.97 Å². The lowest BCUT2D eigenvalue weighted by Crippen LogP contribution is -2.53. The topological polar surface area (TPSA) is 92.4 Å². The highest BCUT2D eigenvalue weighted by atomic mass is 16.2. The van der Waals surface area contributed by atoms with E-state index < -0.39 is 11.9 Å². The number of carbonyl (C=O) groups excluding carboxylic acids is 2. The largest absolute Gasteiger partial charge is 0.368 e. The smallest absolute Gasteiger partial charge is 0.240 e. The van der Waals surface area contributed by atoms with Crippen LogP contribution in [0.4, 0.5) is 0 Å². The van der Waals surface area contributed by atoms with Crippen molar-refractivity contribution < 1.29 is 9.59 Å². The molecule has 2 aliphatic rings. The zero-order chi connectivity index (χ0) is 15.5. The van der Waals surface area contributed by atoms with E-state index in [1.165, 1.54) is 6.33 Å². The minimum atomic E-state index is -0.444. The van der Waals surface area contributed by atoms with Crippen molar-refractivity contribution in [1.82, 2.24) is 19.8 Å². The minimum Gasteiger partial charge on any atom is -0.368 e. The minimum absolute atomic E-state index is 0.0130. The quantitative estimate of drug-likeness (QED) is 0.827. The van der Waals surface area contributed by atoms with Crippen LogP contribution in [0.15, 0.2) is 12.5 Å². The molecule has 0 spiro atoms. The van der Waals surface area contributed by atoms with E-state index in [0.29, 0.717) is 26.1 Å². The van der Waals surface area contributed by atoms with Crippen LogP contribution in [0.1, 0.15) is 30.5 Å². The molecule has 0 aromatic carbocycles. The number of primary amides is 1. The summed E-state index contributed by atoms with van der Waals surface area (Å²) in [7, 11) is 0. The van der Waals surface area contributed by atoms with E-state index in [4.69, 9.17) is 5.73 Å². The second-order valence-electron chi connectivity index (χ2n) is 5.96. The Morgan fingerprint density at radius 1 is 1.32 bits per heavy atom. The monoisotopic (exact) mass is 303 g/mol. The van der Waals surface area contributed by atoms with Crippen molar-refractivity contribution in [1.29, 1.82) is 0 Å². The van der Waals surface area contributed by atoms with Crippen LogP contribution in [0.25, 0.3) is 0 Å². The molecule has 1 fully saturated rings. The molecule has 1 saturated heterocycles. The first-order valence-corrected chi connectivity index (χ1v) is 7.74. The summed E-state index contributed by atoms with van der Waals surface area (Å²) in [6.07, 6.45) is 6.80. The zero-order valence-corrected chi connectivity index (χ0v) is 12.6. The van der Waals surface area contributed by atoms with Gasteiger partial charge in [0.1, 0.15) is 12.4 Å². The number of rotatable bonds is 3. The predicted octanol–water partition coefficient (Wildman–Crippen LogP) is -0.299. The number of carbonyl (C=O) groups is 2. The van der Waals surface area contributed by atoms with E-state index in [1.807, 2.05) is 6.20 Å². The van der Waals surface area contributed by atoms with Crippen LogP contribution in [0.2, 0.25) is 0 Å².